The fraction of sp³-hybridized carbons (Fsp3) is 0.727. The smallest absolute Gasteiger partial charge is 0.306 e. The molecule has 0 bridgehead atoms. The maximum atomic E-state index is 11.2. The molecule has 0 amide bonds. The van der Waals surface area contributed by atoms with Crippen LogP contribution in [0.15, 0.2) is 0 Å². The van der Waals surface area contributed by atoms with Crippen LogP contribution in [-0.2, 0) is 28.6 Å². The molecule has 0 N–H and O–H groups in total. The fourth-order valence-electron chi connectivity index (χ4n) is 0.986. The molecule has 0 aliphatic carbocycles. The third kappa shape index (κ3) is 9.35. The van der Waals surface area contributed by atoms with E-state index in [-0.39, 0.29) is 19.6 Å². The summed E-state index contributed by atoms with van der Waals surface area (Å²) in [7, 11) is 0. The van der Waals surface area contributed by atoms with Gasteiger partial charge in [0.15, 0.2) is 6.10 Å². The van der Waals surface area contributed by atoms with Gasteiger partial charge in [0, 0.05) is 20.3 Å². The van der Waals surface area contributed by atoms with Gasteiger partial charge in [-0.15, -0.1) is 0 Å². The van der Waals surface area contributed by atoms with Crippen LogP contribution in [0.4, 0.5) is 0 Å². The van der Waals surface area contributed by atoms with Crippen LogP contribution in [0.3, 0.4) is 0 Å². The number of hydrogen-bond acceptors (Lipinski definition) is 6. The van der Waals surface area contributed by atoms with Gasteiger partial charge in [-0.05, 0) is 6.42 Å². The van der Waals surface area contributed by atoms with E-state index in [2.05, 4.69) is 0 Å². The van der Waals surface area contributed by atoms with Crippen LogP contribution in [0.1, 0.15) is 33.6 Å². The number of rotatable bonds is 7. The van der Waals surface area contributed by atoms with E-state index in [1.54, 1.807) is 0 Å². The molecule has 0 fully saturated rings. The molecule has 0 unspecified atom stereocenters. The van der Waals surface area contributed by atoms with E-state index in [0.29, 0.717) is 6.42 Å². The van der Waals surface area contributed by atoms with Crippen molar-refractivity contribution in [3.63, 3.8) is 0 Å². The molecule has 98 valence electrons. The van der Waals surface area contributed by atoms with Crippen molar-refractivity contribution in [1.82, 2.24) is 0 Å². The minimum Gasteiger partial charge on any atom is -0.462 e. The van der Waals surface area contributed by atoms with Gasteiger partial charge in [0.25, 0.3) is 0 Å². The summed E-state index contributed by atoms with van der Waals surface area (Å²) < 4.78 is 14.4. The molecule has 0 saturated heterocycles. The van der Waals surface area contributed by atoms with Gasteiger partial charge in [0.2, 0.25) is 0 Å². The first-order chi connectivity index (χ1) is 7.95. The standard InChI is InChI=1S/C11H18O6/c1-4-5-11(14)17-10(6-15-8(2)12)7-16-9(3)13/h10H,4-7H2,1-3H3. The highest BCUT2D eigenvalue weighted by molar-refractivity contribution is 5.70. The first kappa shape index (κ1) is 15.4. The molecular weight excluding hydrogens is 228 g/mol. The van der Waals surface area contributed by atoms with Crippen molar-refractivity contribution in [2.75, 3.05) is 13.2 Å². The molecule has 0 aliphatic rings. The van der Waals surface area contributed by atoms with Gasteiger partial charge in [-0.25, -0.2) is 0 Å². The summed E-state index contributed by atoms with van der Waals surface area (Å²) in [5.74, 6) is -1.37. The maximum absolute atomic E-state index is 11.2. The highest BCUT2D eigenvalue weighted by atomic mass is 16.6. The fourth-order valence-corrected chi connectivity index (χ4v) is 0.986. The van der Waals surface area contributed by atoms with E-state index in [1.807, 2.05) is 6.92 Å². The van der Waals surface area contributed by atoms with Gasteiger partial charge in [0.1, 0.15) is 13.2 Å². The Morgan fingerprint density at radius 3 is 1.82 bits per heavy atom. The Morgan fingerprint density at radius 2 is 1.47 bits per heavy atom. The third-order valence-electron chi connectivity index (χ3n) is 1.70. The van der Waals surface area contributed by atoms with Gasteiger partial charge in [-0.2, -0.15) is 0 Å². The minimum atomic E-state index is -0.748. The van der Waals surface area contributed by atoms with E-state index < -0.39 is 24.0 Å². The van der Waals surface area contributed by atoms with Crippen LogP contribution in [0, 0.1) is 0 Å². The van der Waals surface area contributed by atoms with Gasteiger partial charge in [-0.3, -0.25) is 14.4 Å². The normalized spacial score (nSPS) is 9.88. The second-order valence-electron chi connectivity index (χ2n) is 3.47. The van der Waals surface area contributed by atoms with E-state index >= 15 is 0 Å². The molecule has 0 heterocycles. The molecule has 0 atom stereocenters. The molecule has 0 aromatic heterocycles. The molecule has 0 radical (unpaired) electrons. The Balaban J connectivity index is 4.13. The number of hydrogen-bond donors (Lipinski definition) is 0. The lowest BCUT2D eigenvalue weighted by atomic mass is 10.3. The molecule has 0 aromatic rings. The van der Waals surface area contributed by atoms with Crippen LogP contribution in [0.2, 0.25) is 0 Å². The van der Waals surface area contributed by atoms with E-state index in [4.69, 9.17) is 14.2 Å². The van der Waals surface area contributed by atoms with Gasteiger partial charge < -0.3 is 14.2 Å². The second kappa shape index (κ2) is 8.55. The van der Waals surface area contributed by atoms with Crippen LogP contribution in [0.25, 0.3) is 0 Å². The Bertz CT molecular complexity index is 255. The lowest BCUT2D eigenvalue weighted by molar-refractivity contribution is -0.165. The molecule has 0 spiro atoms. The van der Waals surface area contributed by atoms with Crippen LogP contribution in [-0.4, -0.2) is 37.2 Å². The summed E-state index contributed by atoms with van der Waals surface area (Å²) in [6, 6.07) is 0. The second-order valence-corrected chi connectivity index (χ2v) is 3.47. The summed E-state index contributed by atoms with van der Waals surface area (Å²) in [5, 5.41) is 0. The van der Waals surface area contributed by atoms with Crippen molar-refractivity contribution >= 4 is 17.9 Å². The highest BCUT2D eigenvalue weighted by Gasteiger charge is 2.17. The lowest BCUT2D eigenvalue weighted by Crippen LogP contribution is -2.30. The summed E-state index contributed by atoms with van der Waals surface area (Å²) in [6.07, 6.45) is 0.186. The summed E-state index contributed by atoms with van der Waals surface area (Å²) in [4.78, 5) is 32.5. The van der Waals surface area contributed by atoms with E-state index in [9.17, 15) is 14.4 Å². The first-order valence-electron chi connectivity index (χ1n) is 5.41. The van der Waals surface area contributed by atoms with Crippen molar-refractivity contribution in [3.8, 4) is 0 Å². The zero-order chi connectivity index (χ0) is 13.3. The summed E-state index contributed by atoms with van der Waals surface area (Å²) in [6.45, 7) is 4.11. The molecule has 0 aromatic carbocycles. The summed E-state index contributed by atoms with van der Waals surface area (Å²) in [5.41, 5.74) is 0. The Hall–Kier alpha value is -1.59. The number of carbonyl (C=O) groups excluding carboxylic acids is 3. The van der Waals surface area contributed by atoms with E-state index in [0.717, 1.165) is 0 Å². The SMILES string of the molecule is CCCC(=O)OC(COC(C)=O)COC(C)=O. The number of esters is 3. The largest absolute Gasteiger partial charge is 0.462 e. The van der Waals surface area contributed by atoms with Crippen LogP contribution >= 0.6 is 0 Å². The Morgan fingerprint density at radius 1 is 1.00 bits per heavy atom. The molecule has 6 heteroatoms. The predicted octanol–water partition coefficient (Wildman–Crippen LogP) is 0.825. The highest BCUT2D eigenvalue weighted by Crippen LogP contribution is 2.01. The first-order valence-corrected chi connectivity index (χ1v) is 5.41. The molecule has 17 heavy (non-hydrogen) atoms. The van der Waals surface area contributed by atoms with Gasteiger partial charge in [0.05, 0.1) is 0 Å². The molecule has 0 rings (SSSR count). The lowest BCUT2D eigenvalue weighted by Gasteiger charge is -2.17. The topological polar surface area (TPSA) is 78.9 Å². The summed E-state index contributed by atoms with van der Waals surface area (Å²) >= 11 is 0. The maximum Gasteiger partial charge on any atom is 0.306 e. The van der Waals surface area contributed by atoms with Crippen molar-refractivity contribution < 1.29 is 28.6 Å². The third-order valence-corrected chi connectivity index (χ3v) is 1.70. The average molecular weight is 246 g/mol. The number of carbonyl (C=O) groups is 3. The van der Waals surface area contributed by atoms with Crippen LogP contribution < -0.4 is 0 Å². The van der Waals surface area contributed by atoms with Crippen molar-refractivity contribution in [2.24, 2.45) is 0 Å². The van der Waals surface area contributed by atoms with Crippen molar-refractivity contribution in [3.05, 3.63) is 0 Å². The molecule has 0 saturated carbocycles. The monoisotopic (exact) mass is 246 g/mol. The van der Waals surface area contributed by atoms with Crippen molar-refractivity contribution in [2.45, 2.75) is 39.7 Å². The van der Waals surface area contributed by atoms with Crippen molar-refractivity contribution in [1.29, 1.82) is 0 Å². The molecular formula is C11H18O6. The predicted molar refractivity (Wildman–Crippen MR) is 58.1 cm³/mol. The van der Waals surface area contributed by atoms with Crippen LogP contribution in [0.5, 0.6) is 0 Å². The van der Waals surface area contributed by atoms with Gasteiger partial charge >= 0.3 is 17.9 Å². The molecule has 0 aliphatic heterocycles. The number of ether oxygens (including phenoxy) is 3. The Labute approximate surface area is 100 Å². The zero-order valence-corrected chi connectivity index (χ0v) is 10.4. The molecule has 6 nitrogen and oxygen atoms in total. The Kier molecular flexibility index (Phi) is 7.75. The zero-order valence-electron chi connectivity index (χ0n) is 10.4. The average Bonchev–Trinajstić information content (AvgIpc) is 2.22. The van der Waals surface area contributed by atoms with Gasteiger partial charge in [-0.1, -0.05) is 6.92 Å². The quantitative estimate of drug-likeness (QED) is 0.489. The minimum absolute atomic E-state index is 0.113. The van der Waals surface area contributed by atoms with E-state index in [1.165, 1.54) is 13.8 Å².